The fraction of sp³-hybridized carbons (Fsp3) is 0. The number of anilines is 1. The third-order valence-corrected chi connectivity index (χ3v) is 3.86. The Hall–Kier alpha value is -3.45. The lowest BCUT2D eigenvalue weighted by Gasteiger charge is -2.08. The number of hydrogen-bond donors (Lipinski definition) is 4. The summed E-state index contributed by atoms with van der Waals surface area (Å²) < 4.78 is 0. The van der Waals surface area contributed by atoms with Gasteiger partial charge in [-0.05, 0) is 41.9 Å². The zero-order valence-electron chi connectivity index (χ0n) is 13.5. The van der Waals surface area contributed by atoms with Gasteiger partial charge < -0.3 is 15.5 Å². The fourth-order valence-electron chi connectivity index (χ4n) is 2.43. The molecule has 0 amide bonds. The maximum absolute atomic E-state index is 11.0. The Morgan fingerprint density at radius 2 is 1.88 bits per heavy atom. The number of benzene rings is 3. The van der Waals surface area contributed by atoms with Gasteiger partial charge in [0, 0.05) is 16.6 Å². The minimum atomic E-state index is -1.02. The molecule has 0 saturated carbocycles. The fourth-order valence-corrected chi connectivity index (χ4v) is 2.60. The molecule has 0 aromatic heterocycles. The van der Waals surface area contributed by atoms with Crippen molar-refractivity contribution in [2.45, 2.75) is 0 Å². The van der Waals surface area contributed by atoms with Gasteiger partial charge in [0.2, 0.25) is 0 Å². The molecule has 3 aromatic carbocycles. The number of rotatable bonds is 4. The summed E-state index contributed by atoms with van der Waals surface area (Å²) in [6, 6.07) is 17.4. The number of aromatic hydroxyl groups is 1. The van der Waals surface area contributed by atoms with Crippen LogP contribution in [0, 0.1) is 0 Å². The van der Waals surface area contributed by atoms with Crippen molar-refractivity contribution in [3.05, 3.63) is 71.8 Å². The van der Waals surface area contributed by atoms with E-state index in [1.165, 1.54) is 18.3 Å². The van der Waals surface area contributed by atoms with Gasteiger partial charge in [-0.3, -0.25) is 5.43 Å². The number of fused-ring (bicyclic) bond motifs is 1. The number of carboxylic acids is 1. The first-order valence-corrected chi connectivity index (χ1v) is 8.09. The second-order valence-electron chi connectivity index (χ2n) is 5.43. The summed E-state index contributed by atoms with van der Waals surface area (Å²) in [5.41, 5.74) is 3.87. The van der Waals surface area contributed by atoms with Gasteiger partial charge in [-0.15, -0.1) is 0 Å². The number of carbonyl (C=O) groups is 1. The molecule has 0 radical (unpaired) electrons. The molecule has 7 heteroatoms. The second-order valence-corrected chi connectivity index (χ2v) is 5.84. The molecule has 26 heavy (non-hydrogen) atoms. The van der Waals surface area contributed by atoms with Crippen LogP contribution in [0.2, 0.25) is 0 Å². The summed E-state index contributed by atoms with van der Waals surface area (Å²) in [6.45, 7) is 0. The number of thiocarbonyl (C=S) groups is 1. The third-order valence-electron chi connectivity index (χ3n) is 3.67. The molecule has 3 rings (SSSR count). The second kappa shape index (κ2) is 7.62. The number of phenolic OH excluding ortho intramolecular Hbond substituents is 1. The first-order chi connectivity index (χ1) is 12.5. The SMILES string of the molecule is O=C(O)c1cccc(NC(=S)NN=Cc2ccc3ccccc3c2O)c1. The number of carboxylic acid groups (broad SMARTS) is 1. The van der Waals surface area contributed by atoms with Crippen LogP contribution in [0.1, 0.15) is 15.9 Å². The quantitative estimate of drug-likeness (QED) is 0.321. The maximum Gasteiger partial charge on any atom is 0.335 e. The zero-order chi connectivity index (χ0) is 18.5. The summed E-state index contributed by atoms with van der Waals surface area (Å²) in [5, 5.41) is 28.0. The van der Waals surface area contributed by atoms with Gasteiger partial charge >= 0.3 is 5.97 Å². The molecule has 0 aliphatic heterocycles. The van der Waals surface area contributed by atoms with Gasteiger partial charge in [0.05, 0.1) is 11.8 Å². The molecule has 0 unspecified atom stereocenters. The predicted molar refractivity (Wildman–Crippen MR) is 106 cm³/mol. The smallest absolute Gasteiger partial charge is 0.335 e. The van der Waals surface area contributed by atoms with Crippen molar-refractivity contribution in [3.63, 3.8) is 0 Å². The molecule has 130 valence electrons. The van der Waals surface area contributed by atoms with Crippen LogP contribution in [0.3, 0.4) is 0 Å². The van der Waals surface area contributed by atoms with Gasteiger partial charge in [-0.1, -0.05) is 36.4 Å². The molecule has 0 heterocycles. The molecule has 0 fully saturated rings. The largest absolute Gasteiger partial charge is 0.507 e. The molecule has 0 aliphatic carbocycles. The number of phenols is 1. The molecule has 6 nitrogen and oxygen atoms in total. The lowest BCUT2D eigenvalue weighted by Crippen LogP contribution is -2.24. The van der Waals surface area contributed by atoms with E-state index in [9.17, 15) is 9.90 Å². The Kier molecular flexibility index (Phi) is 5.09. The Morgan fingerprint density at radius 3 is 2.69 bits per heavy atom. The van der Waals surface area contributed by atoms with E-state index in [4.69, 9.17) is 17.3 Å². The van der Waals surface area contributed by atoms with Crippen molar-refractivity contribution in [1.29, 1.82) is 0 Å². The minimum absolute atomic E-state index is 0.140. The highest BCUT2D eigenvalue weighted by atomic mass is 32.1. The van der Waals surface area contributed by atoms with Crippen molar-refractivity contribution in [3.8, 4) is 5.75 Å². The van der Waals surface area contributed by atoms with Crippen LogP contribution in [0.25, 0.3) is 10.8 Å². The molecular formula is C19H15N3O3S. The number of hydrazone groups is 1. The van der Waals surface area contributed by atoms with E-state index < -0.39 is 5.97 Å². The molecule has 0 spiro atoms. The zero-order valence-corrected chi connectivity index (χ0v) is 14.3. The molecular weight excluding hydrogens is 350 g/mol. The van der Waals surface area contributed by atoms with E-state index in [1.807, 2.05) is 30.3 Å². The van der Waals surface area contributed by atoms with E-state index in [0.717, 1.165) is 10.8 Å². The van der Waals surface area contributed by atoms with E-state index in [0.29, 0.717) is 11.3 Å². The van der Waals surface area contributed by atoms with E-state index in [-0.39, 0.29) is 16.4 Å². The summed E-state index contributed by atoms with van der Waals surface area (Å²) in [4.78, 5) is 11.0. The van der Waals surface area contributed by atoms with Crippen LogP contribution in [0.15, 0.2) is 65.8 Å². The molecule has 4 N–H and O–H groups in total. The summed E-state index contributed by atoms with van der Waals surface area (Å²) in [6.07, 6.45) is 1.46. The van der Waals surface area contributed by atoms with Gasteiger partial charge in [0.15, 0.2) is 5.11 Å². The van der Waals surface area contributed by atoms with E-state index in [1.54, 1.807) is 18.2 Å². The highest BCUT2D eigenvalue weighted by molar-refractivity contribution is 7.80. The van der Waals surface area contributed by atoms with E-state index in [2.05, 4.69) is 15.8 Å². The predicted octanol–water partition coefficient (Wildman–Crippen LogP) is 3.56. The first kappa shape index (κ1) is 17.4. The maximum atomic E-state index is 11.0. The van der Waals surface area contributed by atoms with Crippen LogP contribution < -0.4 is 10.7 Å². The van der Waals surface area contributed by atoms with Crippen molar-refractivity contribution in [2.75, 3.05) is 5.32 Å². The number of nitrogens with zero attached hydrogens (tertiary/aromatic N) is 1. The van der Waals surface area contributed by atoms with Gasteiger partial charge in [0.25, 0.3) is 0 Å². The summed E-state index contributed by atoms with van der Waals surface area (Å²) in [7, 11) is 0. The number of hydrogen-bond acceptors (Lipinski definition) is 4. The topological polar surface area (TPSA) is 94.0 Å². The van der Waals surface area contributed by atoms with Crippen LogP contribution >= 0.6 is 12.2 Å². The molecule has 0 bridgehead atoms. The minimum Gasteiger partial charge on any atom is -0.507 e. The van der Waals surface area contributed by atoms with Crippen molar-refractivity contribution in [2.24, 2.45) is 5.10 Å². The average molecular weight is 365 g/mol. The lowest BCUT2D eigenvalue weighted by atomic mass is 10.1. The summed E-state index contributed by atoms with van der Waals surface area (Å²) >= 11 is 5.12. The Balaban J connectivity index is 1.67. The summed E-state index contributed by atoms with van der Waals surface area (Å²) in [5.74, 6) is -0.876. The standard InChI is InChI=1S/C19H15N3O3S/c23-17-14(9-8-12-4-1-2-7-16(12)17)11-20-22-19(26)21-15-6-3-5-13(10-15)18(24)25/h1-11,23H,(H,24,25)(H2,21,22,26). The van der Waals surface area contributed by atoms with Crippen LogP contribution in [0.4, 0.5) is 5.69 Å². The van der Waals surface area contributed by atoms with Crippen LogP contribution in [0.5, 0.6) is 5.75 Å². The average Bonchev–Trinajstić information content (AvgIpc) is 2.64. The Labute approximate surface area is 154 Å². The highest BCUT2D eigenvalue weighted by Crippen LogP contribution is 2.27. The van der Waals surface area contributed by atoms with Crippen molar-refractivity contribution >= 4 is 46.0 Å². The van der Waals surface area contributed by atoms with Gasteiger partial charge in [-0.25, -0.2) is 4.79 Å². The first-order valence-electron chi connectivity index (χ1n) is 7.69. The van der Waals surface area contributed by atoms with Crippen molar-refractivity contribution < 1.29 is 15.0 Å². The van der Waals surface area contributed by atoms with Crippen LogP contribution in [-0.2, 0) is 0 Å². The van der Waals surface area contributed by atoms with Crippen molar-refractivity contribution in [1.82, 2.24) is 5.43 Å². The normalized spacial score (nSPS) is 10.8. The monoisotopic (exact) mass is 365 g/mol. The van der Waals surface area contributed by atoms with E-state index >= 15 is 0 Å². The van der Waals surface area contributed by atoms with Crippen LogP contribution in [-0.4, -0.2) is 27.5 Å². The molecule has 0 aliphatic rings. The third kappa shape index (κ3) is 3.96. The highest BCUT2D eigenvalue weighted by Gasteiger charge is 2.05. The molecule has 3 aromatic rings. The molecule has 0 saturated heterocycles. The Bertz CT molecular complexity index is 1020. The Morgan fingerprint density at radius 1 is 1.08 bits per heavy atom. The van der Waals surface area contributed by atoms with Gasteiger partial charge in [0.1, 0.15) is 5.75 Å². The molecule has 0 atom stereocenters. The van der Waals surface area contributed by atoms with Gasteiger partial charge in [-0.2, -0.15) is 5.10 Å². The lowest BCUT2D eigenvalue weighted by molar-refractivity contribution is 0.0697. The number of aromatic carboxylic acids is 1. The number of nitrogens with one attached hydrogen (secondary N) is 2.